The average molecular weight is 277 g/mol. The zero-order valence-corrected chi connectivity index (χ0v) is 12.1. The van der Waals surface area contributed by atoms with Crippen LogP contribution in [0.1, 0.15) is 22.3 Å². The molecule has 3 heteroatoms. The van der Waals surface area contributed by atoms with Gasteiger partial charge in [0.1, 0.15) is 11.5 Å². The third kappa shape index (κ3) is 3.09. The average Bonchev–Trinajstić information content (AvgIpc) is 2.35. The van der Waals surface area contributed by atoms with Crippen LogP contribution in [0, 0.1) is 20.8 Å². The third-order valence-corrected chi connectivity index (χ3v) is 3.28. The number of hydrogen-bond acceptors (Lipinski definition) is 2. The van der Waals surface area contributed by atoms with Gasteiger partial charge in [0.15, 0.2) is 0 Å². The number of ether oxygens (including phenoxy) is 1. The minimum Gasteiger partial charge on any atom is -0.457 e. The Morgan fingerprint density at radius 2 is 1.63 bits per heavy atom. The lowest BCUT2D eigenvalue weighted by Crippen LogP contribution is -1.94. The molecule has 0 aliphatic heterocycles. The quantitative estimate of drug-likeness (QED) is 0.891. The Balaban J connectivity index is 2.36. The first-order valence-electron chi connectivity index (χ1n) is 6.16. The van der Waals surface area contributed by atoms with E-state index < -0.39 is 0 Å². The van der Waals surface area contributed by atoms with Crippen molar-refractivity contribution < 1.29 is 9.84 Å². The van der Waals surface area contributed by atoms with Crippen molar-refractivity contribution in [1.29, 1.82) is 0 Å². The molecule has 0 aromatic heterocycles. The van der Waals surface area contributed by atoms with Crippen molar-refractivity contribution in [3.8, 4) is 11.5 Å². The number of rotatable bonds is 3. The highest BCUT2D eigenvalue weighted by Crippen LogP contribution is 2.33. The number of halogens is 1. The fourth-order valence-corrected chi connectivity index (χ4v) is 2.42. The molecule has 2 nitrogen and oxygen atoms in total. The molecule has 0 atom stereocenters. The van der Waals surface area contributed by atoms with E-state index in [0.717, 1.165) is 38.8 Å². The van der Waals surface area contributed by atoms with E-state index in [-0.39, 0.29) is 6.61 Å². The number of aryl methyl sites for hydroxylation is 3. The van der Waals surface area contributed by atoms with Gasteiger partial charge in [0.25, 0.3) is 0 Å². The van der Waals surface area contributed by atoms with E-state index in [1.165, 1.54) is 0 Å². The van der Waals surface area contributed by atoms with Crippen LogP contribution >= 0.6 is 11.6 Å². The Labute approximate surface area is 118 Å². The predicted octanol–water partition coefficient (Wildman–Crippen LogP) is 4.55. The summed E-state index contributed by atoms with van der Waals surface area (Å²) in [5.41, 5.74) is 3.90. The summed E-state index contributed by atoms with van der Waals surface area (Å²) in [7, 11) is 0. The minimum absolute atomic E-state index is 0.0418. The van der Waals surface area contributed by atoms with Gasteiger partial charge >= 0.3 is 0 Å². The lowest BCUT2D eigenvalue weighted by molar-refractivity contribution is 0.281. The van der Waals surface area contributed by atoms with Crippen LogP contribution in [0.5, 0.6) is 11.5 Å². The van der Waals surface area contributed by atoms with Gasteiger partial charge in [-0.05, 0) is 61.2 Å². The van der Waals surface area contributed by atoms with Crippen LogP contribution in [0.3, 0.4) is 0 Å². The zero-order valence-electron chi connectivity index (χ0n) is 11.3. The molecule has 0 bridgehead atoms. The van der Waals surface area contributed by atoms with E-state index >= 15 is 0 Å². The van der Waals surface area contributed by atoms with Gasteiger partial charge in [0, 0.05) is 5.02 Å². The van der Waals surface area contributed by atoms with Gasteiger partial charge in [0.2, 0.25) is 0 Å². The van der Waals surface area contributed by atoms with Crippen LogP contribution in [0.15, 0.2) is 30.3 Å². The number of aliphatic hydroxyl groups excluding tert-OH is 1. The molecule has 0 amide bonds. The highest BCUT2D eigenvalue weighted by atomic mass is 35.5. The maximum Gasteiger partial charge on any atom is 0.133 e. The van der Waals surface area contributed by atoms with Gasteiger partial charge in [-0.3, -0.25) is 0 Å². The van der Waals surface area contributed by atoms with Crippen molar-refractivity contribution >= 4 is 11.6 Å². The van der Waals surface area contributed by atoms with Crippen LogP contribution in [-0.4, -0.2) is 5.11 Å². The Bertz CT molecular complexity index is 583. The first-order chi connectivity index (χ1) is 9.01. The van der Waals surface area contributed by atoms with Crippen molar-refractivity contribution in [3.05, 3.63) is 57.6 Å². The van der Waals surface area contributed by atoms with Crippen LogP contribution in [0.2, 0.25) is 5.02 Å². The molecule has 2 rings (SSSR count). The highest BCUT2D eigenvalue weighted by Gasteiger charge is 2.09. The van der Waals surface area contributed by atoms with Gasteiger partial charge in [-0.2, -0.15) is 0 Å². The standard InChI is InChI=1S/C16H17ClO2/c1-10-6-13(9-18)4-5-15(10)19-16-11(2)7-14(17)8-12(16)3/h4-8,18H,9H2,1-3H3. The normalized spacial score (nSPS) is 10.6. The van der Waals surface area contributed by atoms with E-state index in [9.17, 15) is 0 Å². The summed E-state index contributed by atoms with van der Waals surface area (Å²) in [6, 6.07) is 9.45. The first kappa shape index (κ1) is 13.9. The number of benzene rings is 2. The highest BCUT2D eigenvalue weighted by molar-refractivity contribution is 6.30. The Morgan fingerprint density at radius 3 is 2.16 bits per heavy atom. The van der Waals surface area contributed by atoms with Gasteiger partial charge in [-0.1, -0.05) is 23.7 Å². The number of aliphatic hydroxyl groups is 1. The molecule has 0 radical (unpaired) electrons. The summed E-state index contributed by atoms with van der Waals surface area (Å²) >= 11 is 6.01. The summed E-state index contributed by atoms with van der Waals surface area (Å²) < 4.78 is 5.98. The van der Waals surface area contributed by atoms with Crippen LogP contribution < -0.4 is 4.74 Å². The van der Waals surface area contributed by atoms with Gasteiger partial charge in [-0.15, -0.1) is 0 Å². The molecule has 0 heterocycles. The Hall–Kier alpha value is -1.51. The molecule has 0 saturated carbocycles. The Kier molecular flexibility index (Phi) is 4.13. The topological polar surface area (TPSA) is 29.5 Å². The number of hydrogen-bond donors (Lipinski definition) is 1. The fourth-order valence-electron chi connectivity index (χ4n) is 2.09. The lowest BCUT2D eigenvalue weighted by Gasteiger charge is -2.14. The molecule has 0 spiro atoms. The molecule has 1 N–H and O–H groups in total. The van der Waals surface area contributed by atoms with Crippen LogP contribution in [0.25, 0.3) is 0 Å². The van der Waals surface area contributed by atoms with E-state index in [0.29, 0.717) is 0 Å². The van der Waals surface area contributed by atoms with Gasteiger partial charge in [-0.25, -0.2) is 0 Å². The molecule has 100 valence electrons. The lowest BCUT2D eigenvalue weighted by atomic mass is 10.1. The van der Waals surface area contributed by atoms with E-state index in [2.05, 4.69) is 0 Å². The molecule has 19 heavy (non-hydrogen) atoms. The summed E-state index contributed by atoms with van der Waals surface area (Å²) in [6.07, 6.45) is 0. The molecular weight excluding hydrogens is 260 g/mol. The maximum atomic E-state index is 9.11. The van der Waals surface area contributed by atoms with E-state index in [4.69, 9.17) is 21.4 Å². The second-order valence-electron chi connectivity index (χ2n) is 4.73. The summed E-state index contributed by atoms with van der Waals surface area (Å²) in [6.45, 7) is 5.96. The largest absolute Gasteiger partial charge is 0.457 e. The molecular formula is C16H17ClO2. The molecule has 0 saturated heterocycles. The third-order valence-electron chi connectivity index (χ3n) is 3.06. The van der Waals surface area contributed by atoms with Crippen molar-refractivity contribution in [2.45, 2.75) is 27.4 Å². The van der Waals surface area contributed by atoms with E-state index in [1.807, 2.05) is 51.1 Å². The maximum absolute atomic E-state index is 9.11. The SMILES string of the molecule is Cc1cc(CO)ccc1Oc1c(C)cc(Cl)cc1C. The minimum atomic E-state index is 0.0418. The second-order valence-corrected chi connectivity index (χ2v) is 5.17. The summed E-state index contributed by atoms with van der Waals surface area (Å²) in [4.78, 5) is 0. The molecule has 2 aromatic carbocycles. The Morgan fingerprint density at radius 1 is 1.00 bits per heavy atom. The van der Waals surface area contributed by atoms with Crippen molar-refractivity contribution in [1.82, 2.24) is 0 Å². The summed E-state index contributed by atoms with van der Waals surface area (Å²) in [5, 5.41) is 9.82. The molecule has 0 unspecified atom stereocenters. The molecule has 2 aromatic rings. The molecule has 0 aliphatic carbocycles. The van der Waals surface area contributed by atoms with Gasteiger partial charge in [0.05, 0.1) is 6.61 Å². The van der Waals surface area contributed by atoms with Crippen molar-refractivity contribution in [2.24, 2.45) is 0 Å². The van der Waals surface area contributed by atoms with Crippen molar-refractivity contribution in [3.63, 3.8) is 0 Å². The predicted molar refractivity (Wildman–Crippen MR) is 78.1 cm³/mol. The van der Waals surface area contributed by atoms with Gasteiger partial charge < -0.3 is 9.84 Å². The first-order valence-corrected chi connectivity index (χ1v) is 6.54. The fraction of sp³-hybridized carbons (Fsp3) is 0.250. The summed E-state index contributed by atoms with van der Waals surface area (Å²) in [5.74, 6) is 1.63. The molecule has 0 fully saturated rings. The monoisotopic (exact) mass is 276 g/mol. The van der Waals surface area contributed by atoms with Crippen LogP contribution in [-0.2, 0) is 6.61 Å². The van der Waals surface area contributed by atoms with Crippen molar-refractivity contribution in [2.75, 3.05) is 0 Å². The van der Waals surface area contributed by atoms with Crippen LogP contribution in [0.4, 0.5) is 0 Å². The van der Waals surface area contributed by atoms with E-state index in [1.54, 1.807) is 0 Å². The molecule has 0 aliphatic rings. The smallest absolute Gasteiger partial charge is 0.133 e. The zero-order chi connectivity index (χ0) is 14.0. The second kappa shape index (κ2) is 5.64.